The summed E-state index contributed by atoms with van der Waals surface area (Å²) in [6.07, 6.45) is 8.30. The molecule has 2 rings (SSSR count). The van der Waals surface area contributed by atoms with Crippen LogP contribution in [0.3, 0.4) is 0 Å². The third-order valence-corrected chi connectivity index (χ3v) is 3.89. The summed E-state index contributed by atoms with van der Waals surface area (Å²) in [7, 11) is 3.66. The second-order valence-electron chi connectivity index (χ2n) is 5.65. The molecule has 0 saturated heterocycles. The molecule has 0 bridgehead atoms. The second kappa shape index (κ2) is 7.64. The summed E-state index contributed by atoms with van der Waals surface area (Å²) in [4.78, 5) is 12.3. The van der Waals surface area contributed by atoms with Crippen molar-refractivity contribution in [3.63, 3.8) is 0 Å². The van der Waals surface area contributed by atoms with Crippen molar-refractivity contribution in [2.24, 2.45) is 13.0 Å². The number of hydrogen-bond donors (Lipinski definition) is 2. The van der Waals surface area contributed by atoms with Gasteiger partial charge in [-0.1, -0.05) is 19.8 Å². The third-order valence-electron chi connectivity index (χ3n) is 3.89. The van der Waals surface area contributed by atoms with E-state index in [9.17, 15) is 4.79 Å². The smallest absolute Gasteiger partial charge is 0.242 e. The Kier molecular flexibility index (Phi) is 6.49. The molecular weight excluding hydrogens is 276 g/mol. The number of carbonyl (C=O) groups excluding carboxylic acids is 1. The Morgan fingerprint density at radius 1 is 1.50 bits per heavy atom. The number of nitrogens with zero attached hydrogens (tertiary/aromatic N) is 2. The zero-order chi connectivity index (χ0) is 13.8. The molecule has 1 aromatic rings. The summed E-state index contributed by atoms with van der Waals surface area (Å²) >= 11 is 0. The van der Waals surface area contributed by atoms with Crippen LogP contribution in [0.2, 0.25) is 0 Å². The SMILES string of the molecule is CNC(C(=O)NC1CCCC(C)C1)c1cnn(C)c1.Cl. The van der Waals surface area contributed by atoms with Gasteiger partial charge in [-0.05, 0) is 25.8 Å². The monoisotopic (exact) mass is 300 g/mol. The van der Waals surface area contributed by atoms with Crippen LogP contribution in [0.25, 0.3) is 0 Å². The number of aryl methyl sites for hydroxylation is 1. The Labute approximate surface area is 126 Å². The van der Waals surface area contributed by atoms with E-state index >= 15 is 0 Å². The summed E-state index contributed by atoms with van der Waals surface area (Å²) in [6.45, 7) is 2.26. The van der Waals surface area contributed by atoms with Crippen LogP contribution in [0.15, 0.2) is 12.4 Å². The largest absolute Gasteiger partial charge is 0.352 e. The minimum Gasteiger partial charge on any atom is -0.352 e. The van der Waals surface area contributed by atoms with Crippen LogP contribution in [-0.2, 0) is 11.8 Å². The molecule has 3 atom stereocenters. The predicted molar refractivity (Wildman–Crippen MR) is 81.8 cm³/mol. The number of carbonyl (C=O) groups is 1. The van der Waals surface area contributed by atoms with Gasteiger partial charge in [-0.15, -0.1) is 12.4 Å². The van der Waals surface area contributed by atoms with Crippen LogP contribution in [0, 0.1) is 5.92 Å². The van der Waals surface area contributed by atoms with Crippen LogP contribution >= 0.6 is 12.4 Å². The number of likely N-dealkylation sites (N-methyl/N-ethyl adjacent to an activating group) is 1. The normalized spacial score (nSPS) is 23.8. The Bertz CT molecular complexity index is 435. The molecule has 6 heteroatoms. The Balaban J connectivity index is 0.00000200. The Morgan fingerprint density at radius 2 is 2.25 bits per heavy atom. The molecule has 0 aromatic carbocycles. The fourth-order valence-corrected chi connectivity index (χ4v) is 2.89. The maximum absolute atomic E-state index is 12.3. The lowest BCUT2D eigenvalue weighted by molar-refractivity contribution is -0.124. The van der Waals surface area contributed by atoms with Crippen molar-refractivity contribution < 1.29 is 4.79 Å². The molecule has 1 aliphatic rings. The zero-order valence-corrected chi connectivity index (χ0v) is 13.2. The fourth-order valence-electron chi connectivity index (χ4n) is 2.89. The van der Waals surface area contributed by atoms with Gasteiger partial charge in [-0.2, -0.15) is 5.10 Å². The van der Waals surface area contributed by atoms with Gasteiger partial charge in [0.25, 0.3) is 0 Å². The molecule has 1 aromatic heterocycles. The minimum atomic E-state index is -0.314. The number of hydrogen-bond acceptors (Lipinski definition) is 3. The quantitative estimate of drug-likeness (QED) is 0.891. The summed E-state index contributed by atoms with van der Waals surface area (Å²) in [5.41, 5.74) is 0.909. The van der Waals surface area contributed by atoms with E-state index in [0.717, 1.165) is 18.4 Å². The van der Waals surface area contributed by atoms with Crippen molar-refractivity contribution in [2.45, 2.75) is 44.7 Å². The first kappa shape index (κ1) is 17.0. The van der Waals surface area contributed by atoms with Gasteiger partial charge in [0.2, 0.25) is 5.91 Å². The molecule has 5 nitrogen and oxygen atoms in total. The van der Waals surface area contributed by atoms with Crippen molar-refractivity contribution in [3.05, 3.63) is 18.0 Å². The van der Waals surface area contributed by atoms with E-state index in [4.69, 9.17) is 0 Å². The highest BCUT2D eigenvalue weighted by Crippen LogP contribution is 2.24. The van der Waals surface area contributed by atoms with Crippen molar-refractivity contribution >= 4 is 18.3 Å². The zero-order valence-electron chi connectivity index (χ0n) is 12.4. The van der Waals surface area contributed by atoms with Crippen molar-refractivity contribution in [1.29, 1.82) is 0 Å². The standard InChI is InChI=1S/C14H24N4O.ClH/c1-10-5-4-6-12(7-10)17-14(19)13(15-2)11-8-16-18(3)9-11;/h8-10,12-13,15H,4-7H2,1-3H3,(H,17,19);1H. The second-order valence-corrected chi connectivity index (χ2v) is 5.65. The number of amides is 1. The maximum atomic E-state index is 12.3. The van der Waals surface area contributed by atoms with Gasteiger partial charge >= 0.3 is 0 Å². The van der Waals surface area contributed by atoms with Gasteiger partial charge in [0.05, 0.1) is 6.20 Å². The summed E-state index contributed by atoms with van der Waals surface area (Å²) in [6, 6.07) is 0.00899. The summed E-state index contributed by atoms with van der Waals surface area (Å²) in [5, 5.41) is 10.4. The topological polar surface area (TPSA) is 59.0 Å². The lowest BCUT2D eigenvalue weighted by Gasteiger charge is -2.28. The van der Waals surface area contributed by atoms with Crippen molar-refractivity contribution in [3.8, 4) is 0 Å². The number of aromatic nitrogens is 2. The first-order chi connectivity index (χ1) is 9.10. The molecule has 1 heterocycles. The van der Waals surface area contributed by atoms with Gasteiger partial charge in [-0.25, -0.2) is 0 Å². The van der Waals surface area contributed by atoms with E-state index in [1.54, 1.807) is 17.9 Å². The van der Waals surface area contributed by atoms with Crippen LogP contribution in [0.5, 0.6) is 0 Å². The van der Waals surface area contributed by atoms with Crippen LogP contribution in [-0.4, -0.2) is 28.8 Å². The molecule has 1 fully saturated rings. The number of halogens is 1. The van der Waals surface area contributed by atoms with E-state index in [1.165, 1.54) is 12.8 Å². The Hall–Kier alpha value is -1.07. The summed E-state index contributed by atoms with van der Waals surface area (Å²) < 4.78 is 1.72. The average Bonchev–Trinajstić information content (AvgIpc) is 2.76. The molecule has 20 heavy (non-hydrogen) atoms. The molecule has 114 valence electrons. The molecule has 1 aliphatic carbocycles. The van der Waals surface area contributed by atoms with Gasteiger partial charge in [0.15, 0.2) is 0 Å². The molecule has 1 amide bonds. The Morgan fingerprint density at radius 3 is 2.80 bits per heavy atom. The van der Waals surface area contributed by atoms with Crippen molar-refractivity contribution in [2.75, 3.05) is 7.05 Å². The molecular formula is C14H25ClN4O. The van der Waals surface area contributed by atoms with Gasteiger partial charge in [0, 0.05) is 24.8 Å². The molecule has 1 saturated carbocycles. The van der Waals surface area contributed by atoms with E-state index in [-0.39, 0.29) is 24.4 Å². The maximum Gasteiger partial charge on any atom is 0.242 e. The lowest BCUT2D eigenvalue weighted by atomic mass is 9.87. The van der Waals surface area contributed by atoms with Crippen LogP contribution in [0.4, 0.5) is 0 Å². The third kappa shape index (κ3) is 4.21. The first-order valence-electron chi connectivity index (χ1n) is 7.06. The van der Waals surface area contributed by atoms with Crippen LogP contribution < -0.4 is 10.6 Å². The van der Waals surface area contributed by atoms with Crippen molar-refractivity contribution in [1.82, 2.24) is 20.4 Å². The lowest BCUT2D eigenvalue weighted by Crippen LogP contribution is -2.43. The fraction of sp³-hybridized carbons (Fsp3) is 0.714. The average molecular weight is 301 g/mol. The van der Waals surface area contributed by atoms with E-state index in [2.05, 4.69) is 22.7 Å². The number of rotatable bonds is 4. The predicted octanol–water partition coefficient (Wildman–Crippen LogP) is 1.80. The van der Waals surface area contributed by atoms with E-state index < -0.39 is 0 Å². The molecule has 3 unspecified atom stereocenters. The van der Waals surface area contributed by atoms with Gasteiger partial charge in [0.1, 0.15) is 6.04 Å². The first-order valence-corrected chi connectivity index (χ1v) is 7.06. The molecule has 2 N–H and O–H groups in total. The summed E-state index contributed by atoms with van der Waals surface area (Å²) in [5.74, 6) is 0.764. The number of nitrogens with one attached hydrogen (secondary N) is 2. The van der Waals surface area contributed by atoms with Crippen LogP contribution in [0.1, 0.15) is 44.2 Å². The highest BCUT2D eigenvalue weighted by Gasteiger charge is 2.25. The van der Waals surface area contributed by atoms with Gasteiger partial charge in [-0.3, -0.25) is 9.48 Å². The highest BCUT2D eigenvalue weighted by atomic mass is 35.5. The van der Waals surface area contributed by atoms with E-state index in [0.29, 0.717) is 12.0 Å². The molecule has 0 aliphatic heterocycles. The molecule has 0 spiro atoms. The highest BCUT2D eigenvalue weighted by molar-refractivity contribution is 5.85. The minimum absolute atomic E-state index is 0. The molecule has 0 radical (unpaired) electrons. The van der Waals surface area contributed by atoms with E-state index in [1.807, 2.05) is 13.2 Å². The van der Waals surface area contributed by atoms with Gasteiger partial charge < -0.3 is 10.6 Å².